The van der Waals surface area contributed by atoms with Gasteiger partial charge in [0.1, 0.15) is 5.54 Å². The third kappa shape index (κ3) is 2.72. The molecule has 0 aromatic heterocycles. The fourth-order valence-corrected chi connectivity index (χ4v) is 2.35. The summed E-state index contributed by atoms with van der Waals surface area (Å²) in [7, 11) is 4.02. The van der Waals surface area contributed by atoms with E-state index in [4.69, 9.17) is 0 Å². The first kappa shape index (κ1) is 13.1. The summed E-state index contributed by atoms with van der Waals surface area (Å²) in [4.78, 5) is 2.37. The quantitative estimate of drug-likeness (QED) is 0.831. The molecule has 0 saturated heterocycles. The molecule has 1 aromatic carbocycles. The van der Waals surface area contributed by atoms with Crippen molar-refractivity contribution < 1.29 is 0 Å². The van der Waals surface area contributed by atoms with Gasteiger partial charge < -0.3 is 4.90 Å². The van der Waals surface area contributed by atoms with Crippen LogP contribution in [0.2, 0.25) is 0 Å². The van der Waals surface area contributed by atoms with E-state index in [1.165, 1.54) is 12.8 Å². The van der Waals surface area contributed by atoms with Crippen LogP contribution in [0.4, 0.5) is 0 Å². The van der Waals surface area contributed by atoms with Crippen molar-refractivity contribution in [3.63, 3.8) is 0 Å². The molecule has 1 atom stereocenters. The maximum absolute atomic E-state index is 9.57. The standard InChI is InChI=1S/C15H21N3/c1-17-15(12-16,13-6-4-3-5-7-13)10-11-18(2)14-8-9-14/h3-7,14,17H,8-11H2,1-2H3. The van der Waals surface area contributed by atoms with Gasteiger partial charge in [-0.3, -0.25) is 5.32 Å². The highest BCUT2D eigenvalue weighted by Gasteiger charge is 2.33. The first-order valence-electron chi connectivity index (χ1n) is 6.58. The van der Waals surface area contributed by atoms with Crippen molar-refractivity contribution in [3.8, 4) is 6.07 Å². The Bertz CT molecular complexity index is 419. The van der Waals surface area contributed by atoms with Crippen LogP contribution in [0.25, 0.3) is 0 Å². The summed E-state index contributed by atoms with van der Waals surface area (Å²) < 4.78 is 0. The van der Waals surface area contributed by atoms with Gasteiger partial charge >= 0.3 is 0 Å². The number of nitrogens with zero attached hydrogens (tertiary/aromatic N) is 2. The van der Waals surface area contributed by atoms with Gasteiger partial charge in [0.05, 0.1) is 6.07 Å². The van der Waals surface area contributed by atoms with E-state index in [1.54, 1.807) is 0 Å². The second-order valence-electron chi connectivity index (χ2n) is 5.09. The van der Waals surface area contributed by atoms with Gasteiger partial charge in [0.2, 0.25) is 0 Å². The van der Waals surface area contributed by atoms with E-state index in [2.05, 4.69) is 23.3 Å². The molecule has 3 heteroatoms. The molecule has 0 radical (unpaired) electrons. The lowest BCUT2D eigenvalue weighted by Gasteiger charge is -2.29. The number of benzene rings is 1. The molecule has 1 aromatic rings. The lowest BCUT2D eigenvalue weighted by molar-refractivity contribution is 0.279. The van der Waals surface area contributed by atoms with Crippen molar-refractivity contribution >= 4 is 0 Å². The van der Waals surface area contributed by atoms with Gasteiger partial charge in [-0.25, -0.2) is 0 Å². The predicted molar refractivity (Wildman–Crippen MR) is 73.1 cm³/mol. The second-order valence-corrected chi connectivity index (χ2v) is 5.09. The highest BCUT2D eigenvalue weighted by atomic mass is 15.2. The zero-order valence-electron chi connectivity index (χ0n) is 11.2. The van der Waals surface area contributed by atoms with Crippen LogP contribution in [0.15, 0.2) is 30.3 Å². The zero-order valence-corrected chi connectivity index (χ0v) is 11.2. The molecular weight excluding hydrogens is 222 g/mol. The molecule has 1 saturated carbocycles. The van der Waals surface area contributed by atoms with Gasteiger partial charge in [0, 0.05) is 12.6 Å². The molecular formula is C15H21N3. The molecule has 0 amide bonds. The lowest BCUT2D eigenvalue weighted by Crippen LogP contribution is -2.41. The first-order valence-corrected chi connectivity index (χ1v) is 6.58. The average Bonchev–Trinajstić information content (AvgIpc) is 3.26. The Labute approximate surface area is 109 Å². The zero-order chi connectivity index (χ0) is 13.0. The van der Waals surface area contributed by atoms with Gasteiger partial charge in [0.25, 0.3) is 0 Å². The summed E-state index contributed by atoms with van der Waals surface area (Å²) >= 11 is 0. The number of nitriles is 1. The molecule has 96 valence electrons. The topological polar surface area (TPSA) is 39.1 Å². The number of hydrogen-bond donors (Lipinski definition) is 1. The van der Waals surface area contributed by atoms with Crippen molar-refractivity contribution in [1.82, 2.24) is 10.2 Å². The largest absolute Gasteiger partial charge is 0.303 e. The number of hydrogen-bond acceptors (Lipinski definition) is 3. The predicted octanol–water partition coefficient (Wildman–Crippen LogP) is 2.11. The molecule has 3 nitrogen and oxygen atoms in total. The third-order valence-electron chi connectivity index (χ3n) is 3.89. The van der Waals surface area contributed by atoms with Crippen LogP contribution in [0.1, 0.15) is 24.8 Å². The Balaban J connectivity index is 2.09. The molecule has 1 aliphatic rings. The minimum atomic E-state index is -0.565. The SMILES string of the molecule is CNC(C#N)(CCN(C)C1CC1)c1ccccc1. The van der Waals surface area contributed by atoms with E-state index in [0.29, 0.717) is 0 Å². The van der Waals surface area contributed by atoms with Crippen molar-refractivity contribution in [2.75, 3.05) is 20.6 Å². The average molecular weight is 243 g/mol. The van der Waals surface area contributed by atoms with Crippen molar-refractivity contribution in [3.05, 3.63) is 35.9 Å². The molecule has 1 aliphatic carbocycles. The van der Waals surface area contributed by atoms with Gasteiger partial charge in [-0.05, 0) is 38.9 Å². The second kappa shape index (κ2) is 5.51. The third-order valence-corrected chi connectivity index (χ3v) is 3.89. The van der Waals surface area contributed by atoms with Gasteiger partial charge in [-0.15, -0.1) is 0 Å². The molecule has 0 aliphatic heterocycles. The van der Waals surface area contributed by atoms with Crippen LogP contribution >= 0.6 is 0 Å². The smallest absolute Gasteiger partial charge is 0.133 e. The molecule has 1 unspecified atom stereocenters. The maximum atomic E-state index is 9.57. The van der Waals surface area contributed by atoms with Crippen molar-refractivity contribution in [1.29, 1.82) is 5.26 Å². The van der Waals surface area contributed by atoms with Crippen LogP contribution < -0.4 is 5.32 Å². The molecule has 1 N–H and O–H groups in total. The summed E-state index contributed by atoms with van der Waals surface area (Å²) in [5, 5.41) is 12.8. The van der Waals surface area contributed by atoms with Crippen molar-refractivity contribution in [2.24, 2.45) is 0 Å². The van der Waals surface area contributed by atoms with E-state index < -0.39 is 5.54 Å². The summed E-state index contributed by atoms with van der Waals surface area (Å²) in [6.07, 6.45) is 3.43. The van der Waals surface area contributed by atoms with Crippen LogP contribution in [-0.4, -0.2) is 31.6 Å². The Kier molecular flexibility index (Phi) is 4.00. The van der Waals surface area contributed by atoms with E-state index in [9.17, 15) is 5.26 Å². The Morgan fingerprint density at radius 1 is 1.39 bits per heavy atom. The molecule has 0 bridgehead atoms. The maximum Gasteiger partial charge on any atom is 0.133 e. The number of nitrogens with one attached hydrogen (secondary N) is 1. The van der Waals surface area contributed by atoms with Crippen LogP contribution in [0.5, 0.6) is 0 Å². The van der Waals surface area contributed by atoms with E-state index in [1.807, 2.05) is 37.4 Å². The summed E-state index contributed by atoms with van der Waals surface area (Å²) in [6, 6.07) is 13.2. The Morgan fingerprint density at radius 3 is 2.56 bits per heavy atom. The van der Waals surface area contributed by atoms with E-state index >= 15 is 0 Å². The van der Waals surface area contributed by atoms with Crippen LogP contribution in [0.3, 0.4) is 0 Å². The van der Waals surface area contributed by atoms with Crippen molar-refractivity contribution in [2.45, 2.75) is 30.8 Å². The molecule has 0 spiro atoms. The molecule has 18 heavy (non-hydrogen) atoms. The minimum absolute atomic E-state index is 0.565. The summed E-state index contributed by atoms with van der Waals surface area (Å²) in [5.41, 5.74) is 0.490. The highest BCUT2D eigenvalue weighted by molar-refractivity contribution is 5.31. The normalized spacial score (nSPS) is 18.3. The van der Waals surface area contributed by atoms with Crippen LogP contribution in [0, 0.1) is 11.3 Å². The van der Waals surface area contributed by atoms with Gasteiger partial charge in [-0.1, -0.05) is 30.3 Å². The number of rotatable bonds is 6. The summed E-state index contributed by atoms with van der Waals surface area (Å²) in [5.74, 6) is 0. The van der Waals surface area contributed by atoms with Gasteiger partial charge in [-0.2, -0.15) is 5.26 Å². The fraction of sp³-hybridized carbons (Fsp3) is 0.533. The van der Waals surface area contributed by atoms with Gasteiger partial charge in [0.15, 0.2) is 0 Å². The van der Waals surface area contributed by atoms with Crippen LogP contribution in [-0.2, 0) is 5.54 Å². The monoisotopic (exact) mass is 243 g/mol. The molecule has 1 fully saturated rings. The Hall–Kier alpha value is -1.37. The lowest BCUT2D eigenvalue weighted by atomic mass is 9.88. The first-order chi connectivity index (χ1) is 8.72. The summed E-state index contributed by atoms with van der Waals surface area (Å²) in [6.45, 7) is 0.952. The van der Waals surface area contributed by atoms with E-state index in [-0.39, 0.29) is 0 Å². The highest BCUT2D eigenvalue weighted by Crippen LogP contribution is 2.29. The Morgan fingerprint density at radius 2 is 2.06 bits per heavy atom. The molecule has 0 heterocycles. The minimum Gasteiger partial charge on any atom is -0.303 e. The van der Waals surface area contributed by atoms with E-state index in [0.717, 1.165) is 24.6 Å². The molecule has 2 rings (SSSR count). The fourth-order valence-electron chi connectivity index (χ4n) is 2.35.